The number of thiazole rings is 1. The Bertz CT molecular complexity index is 586. The predicted octanol–water partition coefficient (Wildman–Crippen LogP) is 3.19. The SMILES string of the molecule is Cc1csc(SCC(O)c2cccc([N+](=O)[O-])c2)n1. The lowest BCUT2D eigenvalue weighted by Gasteiger charge is -2.09. The maximum Gasteiger partial charge on any atom is 0.269 e. The van der Waals surface area contributed by atoms with E-state index in [1.54, 1.807) is 12.1 Å². The number of thioether (sulfide) groups is 1. The van der Waals surface area contributed by atoms with Crippen molar-refractivity contribution in [1.29, 1.82) is 0 Å². The first kappa shape index (κ1) is 14.0. The largest absolute Gasteiger partial charge is 0.388 e. The number of rotatable bonds is 5. The minimum absolute atomic E-state index is 0.00774. The Morgan fingerprint density at radius 2 is 2.37 bits per heavy atom. The summed E-state index contributed by atoms with van der Waals surface area (Å²) in [5.41, 5.74) is 1.50. The smallest absolute Gasteiger partial charge is 0.269 e. The summed E-state index contributed by atoms with van der Waals surface area (Å²) < 4.78 is 0.891. The molecule has 0 bridgehead atoms. The number of nitro groups is 1. The third-order valence-corrected chi connectivity index (χ3v) is 4.64. The molecule has 0 amide bonds. The zero-order valence-electron chi connectivity index (χ0n) is 10.1. The van der Waals surface area contributed by atoms with Gasteiger partial charge in [0.05, 0.1) is 11.0 Å². The molecule has 1 heterocycles. The van der Waals surface area contributed by atoms with E-state index in [9.17, 15) is 15.2 Å². The molecule has 1 atom stereocenters. The van der Waals surface area contributed by atoms with Crippen LogP contribution < -0.4 is 0 Å². The van der Waals surface area contributed by atoms with Crippen molar-refractivity contribution >= 4 is 28.8 Å². The van der Waals surface area contributed by atoms with Gasteiger partial charge < -0.3 is 5.11 Å². The minimum atomic E-state index is -0.742. The van der Waals surface area contributed by atoms with E-state index in [1.807, 2.05) is 12.3 Å². The first-order valence-corrected chi connectivity index (χ1v) is 7.40. The number of aliphatic hydroxyl groups is 1. The molecule has 0 aliphatic rings. The number of non-ortho nitro benzene ring substituents is 1. The molecule has 5 nitrogen and oxygen atoms in total. The average Bonchev–Trinajstić information content (AvgIpc) is 2.82. The van der Waals surface area contributed by atoms with E-state index in [4.69, 9.17) is 0 Å². The lowest BCUT2D eigenvalue weighted by atomic mass is 10.1. The molecule has 0 fully saturated rings. The van der Waals surface area contributed by atoms with Crippen molar-refractivity contribution in [1.82, 2.24) is 4.98 Å². The van der Waals surface area contributed by atoms with E-state index < -0.39 is 11.0 Å². The molecule has 1 N–H and O–H groups in total. The molecule has 0 aliphatic heterocycles. The molecule has 2 aromatic rings. The highest BCUT2D eigenvalue weighted by molar-refractivity contribution is 8.01. The zero-order valence-corrected chi connectivity index (χ0v) is 11.8. The van der Waals surface area contributed by atoms with Gasteiger partial charge in [-0.2, -0.15) is 0 Å². The van der Waals surface area contributed by atoms with Gasteiger partial charge in [0.2, 0.25) is 0 Å². The minimum Gasteiger partial charge on any atom is -0.388 e. The second kappa shape index (κ2) is 6.14. The molecule has 0 aliphatic carbocycles. The number of hydrogen-bond acceptors (Lipinski definition) is 6. The number of nitrogens with zero attached hydrogens (tertiary/aromatic N) is 2. The molecule has 1 aromatic carbocycles. The molecular weight excluding hydrogens is 284 g/mol. The normalized spacial score (nSPS) is 12.3. The van der Waals surface area contributed by atoms with E-state index >= 15 is 0 Å². The fourth-order valence-corrected chi connectivity index (χ4v) is 3.33. The summed E-state index contributed by atoms with van der Waals surface area (Å²) in [7, 11) is 0. The third-order valence-electron chi connectivity index (χ3n) is 2.43. The van der Waals surface area contributed by atoms with Gasteiger partial charge in [-0.25, -0.2) is 4.98 Å². The van der Waals surface area contributed by atoms with Crippen LogP contribution in [0.15, 0.2) is 34.0 Å². The molecular formula is C12H12N2O3S2. The Labute approximate surface area is 118 Å². The first-order valence-electron chi connectivity index (χ1n) is 5.53. The molecule has 0 saturated heterocycles. The third kappa shape index (κ3) is 3.76. The molecule has 19 heavy (non-hydrogen) atoms. The summed E-state index contributed by atoms with van der Waals surface area (Å²) in [5, 5.41) is 22.6. The second-order valence-electron chi connectivity index (χ2n) is 3.93. The Hall–Kier alpha value is -1.44. The second-order valence-corrected chi connectivity index (χ2v) is 6.06. The van der Waals surface area contributed by atoms with Crippen molar-refractivity contribution in [3.63, 3.8) is 0 Å². The van der Waals surface area contributed by atoms with Crippen molar-refractivity contribution in [3.05, 3.63) is 51.0 Å². The molecule has 100 valence electrons. The molecule has 1 aromatic heterocycles. The number of aryl methyl sites for hydroxylation is 1. The lowest BCUT2D eigenvalue weighted by Crippen LogP contribution is -2.01. The van der Waals surface area contributed by atoms with E-state index in [0.717, 1.165) is 10.0 Å². The summed E-state index contributed by atoms with van der Waals surface area (Å²) in [5.74, 6) is 0.425. The Kier molecular flexibility index (Phi) is 4.52. The monoisotopic (exact) mass is 296 g/mol. The summed E-state index contributed by atoms with van der Waals surface area (Å²) in [6, 6.07) is 6.08. The van der Waals surface area contributed by atoms with Crippen molar-refractivity contribution in [2.75, 3.05) is 5.75 Å². The van der Waals surface area contributed by atoms with Crippen LogP contribution in [0, 0.1) is 17.0 Å². The fraction of sp³-hybridized carbons (Fsp3) is 0.250. The van der Waals surface area contributed by atoms with E-state index in [-0.39, 0.29) is 5.69 Å². The van der Waals surface area contributed by atoms with Gasteiger partial charge in [0.15, 0.2) is 0 Å². The highest BCUT2D eigenvalue weighted by Crippen LogP contribution is 2.28. The molecule has 1 unspecified atom stereocenters. The Morgan fingerprint density at radius 1 is 1.58 bits per heavy atom. The van der Waals surface area contributed by atoms with E-state index in [1.165, 1.54) is 35.2 Å². The summed E-state index contributed by atoms with van der Waals surface area (Å²) in [6.07, 6.45) is -0.742. The zero-order chi connectivity index (χ0) is 13.8. The van der Waals surface area contributed by atoms with Crippen LogP contribution in [0.2, 0.25) is 0 Å². The van der Waals surface area contributed by atoms with Gasteiger partial charge in [-0.05, 0) is 12.5 Å². The maximum atomic E-state index is 10.7. The number of hydrogen-bond donors (Lipinski definition) is 1. The first-order chi connectivity index (χ1) is 9.06. The van der Waals surface area contributed by atoms with E-state index in [0.29, 0.717) is 11.3 Å². The number of aliphatic hydroxyl groups excluding tert-OH is 1. The number of aromatic nitrogens is 1. The average molecular weight is 296 g/mol. The van der Waals surface area contributed by atoms with Crippen molar-refractivity contribution in [2.24, 2.45) is 0 Å². The van der Waals surface area contributed by atoms with Crippen LogP contribution >= 0.6 is 23.1 Å². The Balaban J connectivity index is 2.01. The van der Waals surface area contributed by atoms with Crippen LogP contribution in [0.25, 0.3) is 0 Å². The van der Waals surface area contributed by atoms with Gasteiger partial charge in [-0.3, -0.25) is 10.1 Å². The van der Waals surface area contributed by atoms with Gasteiger partial charge >= 0.3 is 0 Å². The lowest BCUT2D eigenvalue weighted by molar-refractivity contribution is -0.385. The van der Waals surface area contributed by atoms with Crippen molar-refractivity contribution < 1.29 is 10.0 Å². The van der Waals surface area contributed by atoms with Crippen LogP contribution in [0.4, 0.5) is 5.69 Å². The van der Waals surface area contributed by atoms with Gasteiger partial charge in [0.25, 0.3) is 5.69 Å². The molecule has 0 radical (unpaired) electrons. The highest BCUT2D eigenvalue weighted by atomic mass is 32.2. The van der Waals surface area contributed by atoms with Gasteiger partial charge in [-0.1, -0.05) is 23.9 Å². The van der Waals surface area contributed by atoms with Gasteiger partial charge in [0.1, 0.15) is 4.34 Å². The van der Waals surface area contributed by atoms with Gasteiger partial charge in [-0.15, -0.1) is 11.3 Å². The predicted molar refractivity (Wildman–Crippen MR) is 75.6 cm³/mol. The van der Waals surface area contributed by atoms with Crippen LogP contribution in [0.1, 0.15) is 17.4 Å². The van der Waals surface area contributed by atoms with Gasteiger partial charge in [0, 0.05) is 29.0 Å². The summed E-state index contributed by atoms with van der Waals surface area (Å²) in [6.45, 7) is 1.91. The topological polar surface area (TPSA) is 76.3 Å². The van der Waals surface area contributed by atoms with Crippen LogP contribution in [-0.4, -0.2) is 20.8 Å². The quantitative estimate of drug-likeness (QED) is 0.521. The van der Waals surface area contributed by atoms with Crippen molar-refractivity contribution in [2.45, 2.75) is 17.4 Å². The molecule has 2 rings (SSSR count). The molecule has 0 spiro atoms. The van der Waals surface area contributed by atoms with Crippen LogP contribution in [-0.2, 0) is 0 Å². The molecule has 0 saturated carbocycles. The number of benzene rings is 1. The highest BCUT2D eigenvalue weighted by Gasteiger charge is 2.13. The van der Waals surface area contributed by atoms with E-state index in [2.05, 4.69) is 4.98 Å². The van der Waals surface area contributed by atoms with Crippen LogP contribution in [0.5, 0.6) is 0 Å². The summed E-state index contributed by atoms with van der Waals surface area (Å²) in [4.78, 5) is 14.5. The standard InChI is InChI=1S/C12H12N2O3S2/c1-8-6-18-12(13-8)19-7-11(15)9-3-2-4-10(5-9)14(16)17/h2-6,11,15H,7H2,1H3. The van der Waals surface area contributed by atoms with Crippen molar-refractivity contribution in [3.8, 4) is 0 Å². The maximum absolute atomic E-state index is 10.7. The number of nitro benzene ring substituents is 1. The molecule has 7 heteroatoms. The fourth-order valence-electron chi connectivity index (χ4n) is 1.49. The summed E-state index contributed by atoms with van der Waals surface area (Å²) >= 11 is 2.97. The van der Waals surface area contributed by atoms with Crippen LogP contribution in [0.3, 0.4) is 0 Å². The Morgan fingerprint density at radius 3 is 3.00 bits per heavy atom.